The SMILES string of the molecule is CCCCn1c(C(N)=O)nc2c(C)cccc21. The third-order valence-corrected chi connectivity index (χ3v) is 2.94. The molecule has 2 rings (SSSR count). The number of nitrogens with zero attached hydrogens (tertiary/aromatic N) is 2. The fourth-order valence-corrected chi connectivity index (χ4v) is 2.02. The Hall–Kier alpha value is -1.84. The number of aromatic nitrogens is 2. The van der Waals surface area contributed by atoms with Crippen LogP contribution in [0, 0.1) is 6.92 Å². The van der Waals surface area contributed by atoms with E-state index in [2.05, 4.69) is 11.9 Å². The lowest BCUT2D eigenvalue weighted by atomic mass is 10.2. The van der Waals surface area contributed by atoms with Crippen LogP contribution in [-0.2, 0) is 6.54 Å². The Bertz CT molecular complexity index is 557. The molecule has 2 aromatic rings. The van der Waals surface area contributed by atoms with Gasteiger partial charge in [-0.2, -0.15) is 0 Å². The molecule has 2 N–H and O–H groups in total. The Kier molecular flexibility index (Phi) is 3.13. The minimum Gasteiger partial charge on any atom is -0.363 e. The van der Waals surface area contributed by atoms with Gasteiger partial charge in [-0.15, -0.1) is 0 Å². The summed E-state index contributed by atoms with van der Waals surface area (Å²) in [4.78, 5) is 15.8. The molecule has 0 fully saturated rings. The molecular weight excluding hydrogens is 214 g/mol. The van der Waals surface area contributed by atoms with Gasteiger partial charge in [0.2, 0.25) is 0 Å². The van der Waals surface area contributed by atoms with Crippen LogP contribution in [0.5, 0.6) is 0 Å². The monoisotopic (exact) mass is 231 g/mol. The van der Waals surface area contributed by atoms with E-state index in [-0.39, 0.29) is 0 Å². The van der Waals surface area contributed by atoms with Gasteiger partial charge in [0.1, 0.15) is 0 Å². The van der Waals surface area contributed by atoms with Crippen LogP contribution < -0.4 is 5.73 Å². The van der Waals surface area contributed by atoms with Crippen molar-refractivity contribution in [1.82, 2.24) is 9.55 Å². The molecule has 4 nitrogen and oxygen atoms in total. The number of rotatable bonds is 4. The van der Waals surface area contributed by atoms with Gasteiger partial charge in [-0.25, -0.2) is 4.98 Å². The highest BCUT2D eigenvalue weighted by Crippen LogP contribution is 2.20. The molecule has 1 heterocycles. The van der Waals surface area contributed by atoms with Crippen molar-refractivity contribution < 1.29 is 4.79 Å². The van der Waals surface area contributed by atoms with E-state index in [1.165, 1.54) is 0 Å². The highest BCUT2D eigenvalue weighted by atomic mass is 16.1. The van der Waals surface area contributed by atoms with Crippen molar-refractivity contribution in [2.45, 2.75) is 33.2 Å². The number of nitrogens with two attached hydrogens (primary N) is 1. The predicted molar refractivity (Wildman–Crippen MR) is 67.9 cm³/mol. The first kappa shape index (κ1) is 11.6. The fraction of sp³-hybridized carbons (Fsp3) is 0.385. The van der Waals surface area contributed by atoms with Crippen LogP contribution in [0.15, 0.2) is 18.2 Å². The van der Waals surface area contributed by atoms with E-state index >= 15 is 0 Å². The quantitative estimate of drug-likeness (QED) is 0.877. The molecule has 0 aliphatic heterocycles. The van der Waals surface area contributed by atoms with Gasteiger partial charge in [0.15, 0.2) is 5.82 Å². The normalized spacial score (nSPS) is 10.9. The van der Waals surface area contributed by atoms with Crippen molar-refractivity contribution in [1.29, 1.82) is 0 Å². The number of imidazole rings is 1. The number of fused-ring (bicyclic) bond motifs is 1. The van der Waals surface area contributed by atoms with Crippen molar-refractivity contribution in [3.8, 4) is 0 Å². The smallest absolute Gasteiger partial charge is 0.284 e. The summed E-state index contributed by atoms with van der Waals surface area (Å²) in [7, 11) is 0. The maximum Gasteiger partial charge on any atom is 0.284 e. The third-order valence-electron chi connectivity index (χ3n) is 2.94. The number of benzene rings is 1. The highest BCUT2D eigenvalue weighted by Gasteiger charge is 2.15. The molecule has 4 heteroatoms. The van der Waals surface area contributed by atoms with Crippen LogP contribution in [0.4, 0.5) is 0 Å². The van der Waals surface area contributed by atoms with Crippen LogP contribution in [0.1, 0.15) is 35.9 Å². The molecule has 1 aromatic carbocycles. The van der Waals surface area contributed by atoms with E-state index in [1.54, 1.807) is 0 Å². The number of carbonyl (C=O) groups is 1. The summed E-state index contributed by atoms with van der Waals surface area (Å²) in [6.07, 6.45) is 2.09. The van der Waals surface area contributed by atoms with Gasteiger partial charge in [-0.05, 0) is 25.0 Å². The Morgan fingerprint density at radius 2 is 2.24 bits per heavy atom. The van der Waals surface area contributed by atoms with Gasteiger partial charge >= 0.3 is 0 Å². The van der Waals surface area contributed by atoms with Crippen LogP contribution in [0.25, 0.3) is 11.0 Å². The fourth-order valence-electron chi connectivity index (χ4n) is 2.02. The molecule has 0 atom stereocenters. The number of hydrogen-bond donors (Lipinski definition) is 1. The summed E-state index contributed by atoms with van der Waals surface area (Å²) in [6.45, 7) is 4.90. The van der Waals surface area contributed by atoms with Gasteiger partial charge in [0, 0.05) is 6.54 Å². The molecule has 0 saturated heterocycles. The molecule has 0 aliphatic carbocycles. The Balaban J connectivity index is 2.63. The summed E-state index contributed by atoms with van der Waals surface area (Å²) in [6, 6.07) is 5.95. The summed E-state index contributed by atoms with van der Waals surface area (Å²) < 4.78 is 1.92. The summed E-state index contributed by atoms with van der Waals surface area (Å²) in [5.74, 6) is -0.0977. The number of primary amides is 1. The van der Waals surface area contributed by atoms with E-state index in [0.29, 0.717) is 5.82 Å². The molecule has 1 amide bonds. The maximum atomic E-state index is 11.4. The largest absolute Gasteiger partial charge is 0.363 e. The lowest BCUT2D eigenvalue weighted by Gasteiger charge is -2.05. The van der Waals surface area contributed by atoms with E-state index < -0.39 is 5.91 Å². The van der Waals surface area contributed by atoms with Crippen LogP contribution in [0.3, 0.4) is 0 Å². The number of amides is 1. The van der Waals surface area contributed by atoms with Gasteiger partial charge in [-0.3, -0.25) is 4.79 Å². The molecule has 0 saturated carbocycles. The first-order chi connectivity index (χ1) is 8.15. The van der Waals surface area contributed by atoms with Crippen LogP contribution in [0.2, 0.25) is 0 Å². The first-order valence-corrected chi connectivity index (χ1v) is 5.90. The first-order valence-electron chi connectivity index (χ1n) is 5.90. The summed E-state index contributed by atoms with van der Waals surface area (Å²) in [5.41, 5.74) is 8.31. The van der Waals surface area contributed by atoms with Crippen LogP contribution >= 0.6 is 0 Å². The van der Waals surface area contributed by atoms with Crippen molar-refractivity contribution in [3.05, 3.63) is 29.6 Å². The minimum absolute atomic E-state index is 0.364. The molecule has 0 radical (unpaired) electrons. The number of hydrogen-bond acceptors (Lipinski definition) is 2. The van der Waals surface area contributed by atoms with E-state index in [4.69, 9.17) is 5.73 Å². The van der Waals surface area contributed by atoms with Gasteiger partial charge in [0.25, 0.3) is 5.91 Å². The number of carbonyl (C=O) groups excluding carboxylic acids is 1. The lowest BCUT2D eigenvalue weighted by Crippen LogP contribution is -2.18. The minimum atomic E-state index is -0.461. The number of aryl methyl sites for hydroxylation is 2. The zero-order valence-electron chi connectivity index (χ0n) is 10.2. The molecule has 17 heavy (non-hydrogen) atoms. The average Bonchev–Trinajstić information content (AvgIpc) is 2.67. The second-order valence-corrected chi connectivity index (χ2v) is 4.25. The summed E-state index contributed by atoms with van der Waals surface area (Å²) >= 11 is 0. The Morgan fingerprint density at radius 1 is 1.47 bits per heavy atom. The second-order valence-electron chi connectivity index (χ2n) is 4.25. The predicted octanol–water partition coefficient (Wildman–Crippen LogP) is 2.24. The van der Waals surface area contributed by atoms with Crippen molar-refractivity contribution >= 4 is 16.9 Å². The molecule has 90 valence electrons. The van der Waals surface area contributed by atoms with Crippen molar-refractivity contribution in [2.24, 2.45) is 5.73 Å². The topological polar surface area (TPSA) is 60.9 Å². The van der Waals surface area contributed by atoms with Gasteiger partial charge in [-0.1, -0.05) is 25.5 Å². The molecule has 0 aliphatic rings. The Morgan fingerprint density at radius 3 is 2.88 bits per heavy atom. The van der Waals surface area contributed by atoms with Crippen molar-refractivity contribution in [2.75, 3.05) is 0 Å². The lowest BCUT2D eigenvalue weighted by molar-refractivity contribution is 0.0986. The van der Waals surface area contributed by atoms with E-state index in [1.807, 2.05) is 29.7 Å². The Labute approximate surface area is 100 Å². The highest BCUT2D eigenvalue weighted by molar-refractivity contribution is 5.94. The summed E-state index contributed by atoms with van der Waals surface area (Å²) in [5, 5.41) is 0. The van der Waals surface area contributed by atoms with E-state index in [0.717, 1.165) is 36.0 Å². The molecule has 1 aromatic heterocycles. The molecule has 0 unspecified atom stereocenters. The van der Waals surface area contributed by atoms with E-state index in [9.17, 15) is 4.79 Å². The van der Waals surface area contributed by atoms with Gasteiger partial charge < -0.3 is 10.3 Å². The van der Waals surface area contributed by atoms with Crippen LogP contribution in [-0.4, -0.2) is 15.5 Å². The maximum absolute atomic E-state index is 11.4. The average molecular weight is 231 g/mol. The van der Waals surface area contributed by atoms with Gasteiger partial charge in [0.05, 0.1) is 11.0 Å². The molecular formula is C13H17N3O. The number of para-hydroxylation sites is 1. The third kappa shape index (κ3) is 2.02. The van der Waals surface area contributed by atoms with Crippen molar-refractivity contribution in [3.63, 3.8) is 0 Å². The molecule has 0 bridgehead atoms. The standard InChI is InChI=1S/C13H17N3O/c1-3-4-8-16-10-7-5-6-9(2)11(10)15-13(16)12(14)17/h5-7H,3-4,8H2,1-2H3,(H2,14,17). The zero-order chi connectivity index (χ0) is 12.4. The second kappa shape index (κ2) is 4.57. The zero-order valence-corrected chi connectivity index (χ0v) is 10.2. The molecule has 0 spiro atoms. The number of unbranched alkanes of at least 4 members (excludes halogenated alkanes) is 1.